The Hall–Kier alpha value is -1.26. The molecule has 5 heteroatoms. The highest BCUT2D eigenvalue weighted by molar-refractivity contribution is 5.89. The van der Waals surface area contributed by atoms with Crippen molar-refractivity contribution in [1.82, 2.24) is 5.32 Å². The van der Waals surface area contributed by atoms with Gasteiger partial charge in [0, 0.05) is 6.08 Å². The van der Waals surface area contributed by atoms with Gasteiger partial charge in [-0.1, -0.05) is 0 Å². The van der Waals surface area contributed by atoms with Gasteiger partial charge >= 0.3 is 6.18 Å². The summed E-state index contributed by atoms with van der Waals surface area (Å²) in [6.45, 7) is 0. The van der Waals surface area contributed by atoms with Crippen LogP contribution in [0.3, 0.4) is 0 Å². The van der Waals surface area contributed by atoms with Crippen molar-refractivity contribution in [2.24, 2.45) is 0 Å². The number of carbonyl (C=O) groups excluding carboxylic acids is 1. The van der Waals surface area contributed by atoms with Gasteiger partial charge in [-0.15, -0.1) is 0 Å². The predicted molar refractivity (Wildman–Crippen MR) is 29.1 cm³/mol. The first-order valence-corrected chi connectivity index (χ1v) is 2.63. The third-order valence-corrected chi connectivity index (χ3v) is 0.985. The SMILES string of the molecule is O=C1C=CC(C(F)(F)F)=[C][N]1. The molecule has 1 amide bonds. The molecule has 0 aromatic rings. The smallest absolute Gasteiger partial charge is 0.267 e. The van der Waals surface area contributed by atoms with Crippen LogP contribution in [-0.2, 0) is 4.79 Å². The molecule has 2 radical (unpaired) electrons. The third-order valence-electron chi connectivity index (χ3n) is 0.985. The zero-order chi connectivity index (χ0) is 8.48. The molecule has 2 nitrogen and oxygen atoms in total. The van der Waals surface area contributed by atoms with Crippen molar-refractivity contribution in [2.45, 2.75) is 6.18 Å². The summed E-state index contributed by atoms with van der Waals surface area (Å²) in [5, 5.41) is 2.85. The van der Waals surface area contributed by atoms with E-state index >= 15 is 0 Å². The predicted octanol–water partition coefficient (Wildman–Crippen LogP) is 0.937. The number of hydrogen-bond acceptors (Lipinski definition) is 1. The zero-order valence-corrected chi connectivity index (χ0v) is 5.14. The van der Waals surface area contributed by atoms with E-state index in [4.69, 9.17) is 0 Å². The first-order chi connectivity index (χ1) is 5.00. The Bertz CT molecular complexity index is 239. The molecule has 1 aliphatic heterocycles. The second-order valence-electron chi connectivity index (χ2n) is 1.81. The minimum Gasteiger partial charge on any atom is -0.267 e. The summed E-state index contributed by atoms with van der Waals surface area (Å²) < 4.78 is 35.2. The molecule has 11 heavy (non-hydrogen) atoms. The van der Waals surface area contributed by atoms with Gasteiger partial charge in [0.2, 0.25) is 0 Å². The molecule has 1 heterocycles. The van der Waals surface area contributed by atoms with Crippen LogP contribution in [0.4, 0.5) is 13.2 Å². The van der Waals surface area contributed by atoms with Crippen LogP contribution < -0.4 is 5.32 Å². The van der Waals surface area contributed by atoms with E-state index in [0.29, 0.717) is 6.08 Å². The average Bonchev–Trinajstić information content (AvgIpc) is 1.86. The minimum atomic E-state index is -4.47. The highest BCUT2D eigenvalue weighted by atomic mass is 19.4. The van der Waals surface area contributed by atoms with Crippen LogP contribution in [-0.4, -0.2) is 12.1 Å². The van der Waals surface area contributed by atoms with Crippen molar-refractivity contribution in [3.05, 3.63) is 23.9 Å². The largest absolute Gasteiger partial charge is 0.418 e. The Labute approximate surface area is 60.4 Å². The number of halogens is 3. The first-order valence-electron chi connectivity index (χ1n) is 2.63. The molecular formula is C6H2F3NO. The summed E-state index contributed by atoms with van der Waals surface area (Å²) >= 11 is 0. The fraction of sp³-hybridized carbons (Fsp3) is 0.167. The maximum Gasteiger partial charge on any atom is 0.418 e. The average molecular weight is 161 g/mol. The molecule has 0 atom stereocenters. The molecule has 1 aliphatic rings. The quantitative estimate of drug-likeness (QED) is 0.520. The number of hydrogen-bond donors (Lipinski definition) is 0. The van der Waals surface area contributed by atoms with Gasteiger partial charge in [0.1, 0.15) is 6.20 Å². The molecule has 0 saturated heterocycles. The maximum atomic E-state index is 11.7. The normalized spacial score (nSPS) is 17.7. The summed E-state index contributed by atoms with van der Waals surface area (Å²) in [6.07, 6.45) is -1.48. The van der Waals surface area contributed by atoms with Crippen LogP contribution in [0.5, 0.6) is 0 Å². The summed E-state index contributed by atoms with van der Waals surface area (Å²) in [5.41, 5.74) is -1.03. The van der Waals surface area contributed by atoms with Crippen molar-refractivity contribution in [2.75, 3.05) is 0 Å². The van der Waals surface area contributed by atoms with Crippen molar-refractivity contribution in [3.63, 3.8) is 0 Å². The Balaban J connectivity index is 2.79. The molecule has 0 saturated carbocycles. The van der Waals surface area contributed by atoms with Crippen LogP contribution in [0.1, 0.15) is 0 Å². The fourth-order valence-corrected chi connectivity index (χ4v) is 0.502. The van der Waals surface area contributed by atoms with E-state index in [2.05, 4.69) is 5.32 Å². The monoisotopic (exact) mass is 161 g/mol. The van der Waals surface area contributed by atoms with Gasteiger partial charge in [-0.05, 0) is 6.08 Å². The molecule has 0 N–H and O–H groups in total. The molecule has 0 aromatic carbocycles. The summed E-state index contributed by atoms with van der Waals surface area (Å²) in [5.74, 6) is -0.724. The number of allylic oxidation sites excluding steroid dienone is 2. The first kappa shape index (κ1) is 7.84. The van der Waals surface area contributed by atoms with E-state index in [1.54, 1.807) is 6.20 Å². The molecule has 0 aromatic heterocycles. The number of rotatable bonds is 0. The summed E-state index contributed by atoms with van der Waals surface area (Å²) in [6, 6.07) is 0. The lowest BCUT2D eigenvalue weighted by atomic mass is 10.2. The molecule has 58 valence electrons. The fourth-order valence-electron chi connectivity index (χ4n) is 0.502. The standard InChI is InChI=1S/C6H2F3NO/c7-6(8,9)4-1-2-5(11)10-3-4/h1-2H. The highest BCUT2D eigenvalue weighted by Gasteiger charge is 2.33. The topological polar surface area (TPSA) is 31.2 Å². The second kappa shape index (κ2) is 2.41. The van der Waals surface area contributed by atoms with Crippen LogP contribution >= 0.6 is 0 Å². The van der Waals surface area contributed by atoms with Gasteiger partial charge < -0.3 is 0 Å². The van der Waals surface area contributed by atoms with E-state index in [-0.39, 0.29) is 0 Å². The molecule has 1 rings (SSSR count). The van der Waals surface area contributed by atoms with Crippen LogP contribution in [0.15, 0.2) is 17.7 Å². The van der Waals surface area contributed by atoms with Gasteiger partial charge in [0.25, 0.3) is 5.91 Å². The van der Waals surface area contributed by atoms with E-state index in [1.165, 1.54) is 0 Å². The molecule has 0 unspecified atom stereocenters. The van der Waals surface area contributed by atoms with Crippen molar-refractivity contribution >= 4 is 5.91 Å². The van der Waals surface area contributed by atoms with Gasteiger partial charge in [-0.3, -0.25) is 4.79 Å². The highest BCUT2D eigenvalue weighted by Crippen LogP contribution is 2.26. The van der Waals surface area contributed by atoms with Gasteiger partial charge in [0.05, 0.1) is 5.57 Å². The lowest BCUT2D eigenvalue weighted by Crippen LogP contribution is -2.19. The van der Waals surface area contributed by atoms with Crippen molar-refractivity contribution in [3.8, 4) is 0 Å². The van der Waals surface area contributed by atoms with Gasteiger partial charge in [-0.2, -0.15) is 13.2 Å². The number of amides is 1. The maximum absolute atomic E-state index is 11.7. The van der Waals surface area contributed by atoms with E-state index in [1.807, 2.05) is 0 Å². The Morgan fingerprint density at radius 3 is 2.36 bits per heavy atom. The molecule has 0 aliphatic carbocycles. The van der Waals surface area contributed by atoms with Crippen molar-refractivity contribution in [1.29, 1.82) is 0 Å². The number of carbonyl (C=O) groups is 1. The van der Waals surface area contributed by atoms with Crippen LogP contribution in [0.25, 0.3) is 0 Å². The molecule has 0 spiro atoms. The Kier molecular flexibility index (Phi) is 1.72. The van der Waals surface area contributed by atoms with Crippen LogP contribution in [0, 0.1) is 6.20 Å². The number of alkyl halides is 3. The lowest BCUT2D eigenvalue weighted by molar-refractivity contribution is -0.116. The van der Waals surface area contributed by atoms with E-state index in [9.17, 15) is 18.0 Å². The van der Waals surface area contributed by atoms with Crippen molar-refractivity contribution < 1.29 is 18.0 Å². The molecule has 0 fully saturated rings. The van der Waals surface area contributed by atoms with Gasteiger partial charge in [-0.25, -0.2) is 5.32 Å². The molecular weight excluding hydrogens is 159 g/mol. The van der Waals surface area contributed by atoms with E-state index in [0.717, 1.165) is 6.08 Å². The van der Waals surface area contributed by atoms with Gasteiger partial charge in [0.15, 0.2) is 0 Å². The number of nitrogens with zero attached hydrogens (tertiary/aromatic N) is 1. The minimum absolute atomic E-state index is 0.648. The Morgan fingerprint density at radius 2 is 2.00 bits per heavy atom. The summed E-state index contributed by atoms with van der Waals surface area (Å²) in [4.78, 5) is 10.2. The van der Waals surface area contributed by atoms with Crippen LogP contribution in [0.2, 0.25) is 0 Å². The third kappa shape index (κ3) is 1.83. The zero-order valence-electron chi connectivity index (χ0n) is 5.14. The summed E-state index contributed by atoms with van der Waals surface area (Å²) in [7, 11) is 0. The Morgan fingerprint density at radius 1 is 1.36 bits per heavy atom. The van der Waals surface area contributed by atoms with E-state index < -0.39 is 17.7 Å². The second-order valence-corrected chi connectivity index (χ2v) is 1.81. The molecule has 0 bridgehead atoms. The lowest BCUT2D eigenvalue weighted by Gasteiger charge is -2.07.